The summed E-state index contributed by atoms with van der Waals surface area (Å²) in [6, 6.07) is -0.594. The van der Waals surface area contributed by atoms with Gasteiger partial charge in [-0.05, 0) is 12.8 Å². The fourth-order valence-electron chi connectivity index (χ4n) is 1.35. The first kappa shape index (κ1) is 15.4. The van der Waals surface area contributed by atoms with Crippen LogP contribution >= 0.6 is 0 Å². The molecule has 0 radical (unpaired) electrons. The number of hydrogen-bond acceptors (Lipinski definition) is 2. The third kappa shape index (κ3) is 3.23. The second-order valence-electron chi connectivity index (χ2n) is 4.27. The van der Waals surface area contributed by atoms with E-state index < -0.39 is 40.8 Å². The smallest absolute Gasteiger partial charge is 0.257 e. The Morgan fingerprint density at radius 2 is 1.68 bits per heavy atom. The number of nitrogens with one attached hydrogen (secondary N) is 1. The Bertz CT molecular complexity index is 467. The minimum Gasteiger partial charge on any atom is -0.396 e. The summed E-state index contributed by atoms with van der Waals surface area (Å²) < 4.78 is 52.6. The van der Waals surface area contributed by atoms with E-state index in [1.165, 1.54) is 6.92 Å². The third-order valence-corrected chi connectivity index (χ3v) is 2.84. The number of aliphatic hydroxyl groups excluding tert-OH is 1. The van der Waals surface area contributed by atoms with E-state index >= 15 is 0 Å². The Hall–Kier alpha value is -1.63. The quantitative estimate of drug-likeness (QED) is 0.654. The van der Waals surface area contributed by atoms with Gasteiger partial charge >= 0.3 is 0 Å². The summed E-state index contributed by atoms with van der Waals surface area (Å²) in [7, 11) is 0. The van der Waals surface area contributed by atoms with Gasteiger partial charge < -0.3 is 10.4 Å². The second-order valence-corrected chi connectivity index (χ2v) is 4.27. The first-order chi connectivity index (χ1) is 8.79. The molecule has 1 amide bonds. The van der Waals surface area contributed by atoms with Crippen LogP contribution in [0.25, 0.3) is 0 Å². The predicted molar refractivity (Wildman–Crippen MR) is 59.5 cm³/mol. The van der Waals surface area contributed by atoms with Crippen LogP contribution in [0, 0.1) is 29.2 Å². The van der Waals surface area contributed by atoms with Crippen LogP contribution in [-0.4, -0.2) is 23.7 Å². The van der Waals surface area contributed by atoms with Gasteiger partial charge in [0.2, 0.25) is 0 Å². The Morgan fingerprint density at radius 1 is 1.21 bits per heavy atom. The van der Waals surface area contributed by atoms with Crippen molar-refractivity contribution < 1.29 is 27.5 Å². The maximum atomic E-state index is 13.3. The largest absolute Gasteiger partial charge is 0.396 e. The molecule has 0 aliphatic heterocycles. The average Bonchev–Trinajstić information content (AvgIpc) is 2.35. The fourth-order valence-corrected chi connectivity index (χ4v) is 1.35. The molecular weight excluding hydrogens is 266 g/mol. The molecule has 3 nitrogen and oxygen atoms in total. The molecule has 0 fully saturated rings. The zero-order valence-electron chi connectivity index (χ0n) is 10.3. The summed E-state index contributed by atoms with van der Waals surface area (Å²) in [6.45, 7) is 2.82. The van der Waals surface area contributed by atoms with E-state index in [4.69, 9.17) is 5.11 Å². The second kappa shape index (κ2) is 6.01. The van der Waals surface area contributed by atoms with Gasteiger partial charge in [-0.3, -0.25) is 4.79 Å². The fraction of sp³-hybridized carbons (Fsp3) is 0.417. The Balaban J connectivity index is 3.07. The van der Waals surface area contributed by atoms with Crippen molar-refractivity contribution in [1.29, 1.82) is 0 Å². The number of carbonyl (C=O) groups excluding carboxylic acids is 1. The van der Waals surface area contributed by atoms with E-state index in [9.17, 15) is 22.4 Å². The van der Waals surface area contributed by atoms with Crippen LogP contribution in [0.4, 0.5) is 17.6 Å². The molecule has 0 aliphatic carbocycles. The molecule has 7 heteroatoms. The van der Waals surface area contributed by atoms with E-state index in [2.05, 4.69) is 5.32 Å². The number of halogens is 4. The van der Waals surface area contributed by atoms with Crippen molar-refractivity contribution in [3.8, 4) is 0 Å². The van der Waals surface area contributed by atoms with Crippen molar-refractivity contribution in [2.75, 3.05) is 6.61 Å². The van der Waals surface area contributed by atoms with Crippen LogP contribution in [-0.2, 0) is 0 Å². The Labute approximate surface area is 107 Å². The van der Waals surface area contributed by atoms with Crippen LogP contribution in [0.15, 0.2) is 6.07 Å². The zero-order chi connectivity index (χ0) is 14.7. The molecule has 1 aromatic carbocycles. The first-order valence-electron chi connectivity index (χ1n) is 5.54. The lowest BCUT2D eigenvalue weighted by Crippen LogP contribution is -2.39. The van der Waals surface area contributed by atoms with Crippen molar-refractivity contribution in [2.24, 2.45) is 5.92 Å². The van der Waals surface area contributed by atoms with Crippen LogP contribution in [0.1, 0.15) is 24.2 Å². The highest BCUT2D eigenvalue weighted by Gasteiger charge is 2.26. The van der Waals surface area contributed by atoms with Crippen molar-refractivity contribution >= 4 is 5.91 Å². The maximum absolute atomic E-state index is 13.3. The number of rotatable bonds is 4. The highest BCUT2D eigenvalue weighted by molar-refractivity contribution is 5.95. The summed E-state index contributed by atoms with van der Waals surface area (Å²) in [5.41, 5.74) is -1.31. The molecule has 0 saturated carbocycles. The van der Waals surface area contributed by atoms with E-state index in [1.807, 2.05) is 0 Å². The van der Waals surface area contributed by atoms with Crippen LogP contribution in [0.2, 0.25) is 0 Å². The summed E-state index contributed by atoms with van der Waals surface area (Å²) in [6.07, 6.45) is 0. The van der Waals surface area contributed by atoms with Crippen LogP contribution in [0.5, 0.6) is 0 Å². The SMILES string of the molecule is C[C@H](NC(=O)c1c(F)c(F)cc(F)c1F)[C@@H](C)CO. The number of amides is 1. The van der Waals surface area contributed by atoms with Gasteiger partial charge in [0.1, 0.15) is 5.56 Å². The average molecular weight is 279 g/mol. The molecule has 1 aromatic rings. The third-order valence-electron chi connectivity index (χ3n) is 2.84. The van der Waals surface area contributed by atoms with E-state index in [1.54, 1.807) is 6.92 Å². The molecule has 0 aliphatic rings. The van der Waals surface area contributed by atoms with Gasteiger partial charge in [0.25, 0.3) is 5.91 Å². The number of aliphatic hydroxyl groups is 1. The summed E-state index contributed by atoms with van der Waals surface area (Å²) >= 11 is 0. The van der Waals surface area contributed by atoms with E-state index in [-0.39, 0.29) is 18.6 Å². The molecule has 0 unspecified atom stereocenters. The van der Waals surface area contributed by atoms with Gasteiger partial charge in [-0.1, -0.05) is 6.92 Å². The first-order valence-corrected chi connectivity index (χ1v) is 5.54. The molecule has 0 bridgehead atoms. The van der Waals surface area contributed by atoms with Gasteiger partial charge in [0.15, 0.2) is 23.3 Å². The number of hydrogen-bond donors (Lipinski definition) is 2. The normalized spacial score (nSPS) is 14.1. The molecule has 0 aromatic heterocycles. The number of carbonyl (C=O) groups is 1. The van der Waals surface area contributed by atoms with Gasteiger partial charge in [0.05, 0.1) is 0 Å². The Kier molecular flexibility index (Phi) is 4.88. The van der Waals surface area contributed by atoms with Crippen LogP contribution in [0.3, 0.4) is 0 Å². The van der Waals surface area contributed by atoms with Gasteiger partial charge in [-0.2, -0.15) is 0 Å². The molecule has 2 N–H and O–H groups in total. The standard InChI is InChI=1S/C12H13F4NO2/c1-5(4-18)6(2)17-12(19)9-10(15)7(13)3-8(14)11(9)16/h3,5-6,18H,4H2,1-2H3,(H,17,19)/t5-,6-/m0/s1. The topological polar surface area (TPSA) is 49.3 Å². The molecule has 0 saturated heterocycles. The maximum Gasteiger partial charge on any atom is 0.257 e. The monoisotopic (exact) mass is 279 g/mol. The van der Waals surface area contributed by atoms with Crippen molar-refractivity contribution in [3.05, 3.63) is 34.9 Å². The van der Waals surface area contributed by atoms with E-state index in [0.29, 0.717) is 0 Å². The zero-order valence-corrected chi connectivity index (χ0v) is 10.3. The molecule has 0 heterocycles. The van der Waals surface area contributed by atoms with Crippen LogP contribution < -0.4 is 5.32 Å². The molecule has 1 rings (SSSR count). The van der Waals surface area contributed by atoms with Gasteiger partial charge in [-0.15, -0.1) is 0 Å². The molecular formula is C12H13F4NO2. The lowest BCUT2D eigenvalue weighted by molar-refractivity contribution is 0.0905. The van der Waals surface area contributed by atoms with E-state index in [0.717, 1.165) is 0 Å². The van der Waals surface area contributed by atoms with Gasteiger partial charge in [0, 0.05) is 18.7 Å². The number of benzene rings is 1. The lowest BCUT2D eigenvalue weighted by Gasteiger charge is -2.19. The minimum atomic E-state index is -1.75. The highest BCUT2D eigenvalue weighted by Crippen LogP contribution is 2.19. The molecule has 0 spiro atoms. The highest BCUT2D eigenvalue weighted by atomic mass is 19.2. The summed E-state index contributed by atoms with van der Waals surface area (Å²) in [5.74, 6) is -8.45. The van der Waals surface area contributed by atoms with Crippen molar-refractivity contribution in [2.45, 2.75) is 19.9 Å². The molecule has 19 heavy (non-hydrogen) atoms. The van der Waals surface area contributed by atoms with Crippen molar-refractivity contribution in [3.63, 3.8) is 0 Å². The molecule has 106 valence electrons. The lowest BCUT2D eigenvalue weighted by atomic mass is 10.0. The van der Waals surface area contributed by atoms with Gasteiger partial charge in [-0.25, -0.2) is 17.6 Å². The van der Waals surface area contributed by atoms with Crippen molar-refractivity contribution in [1.82, 2.24) is 5.32 Å². The molecule has 2 atom stereocenters. The Morgan fingerprint density at radius 3 is 2.11 bits per heavy atom. The predicted octanol–water partition coefficient (Wildman–Crippen LogP) is 1.99. The minimum absolute atomic E-state index is 0.0290. The summed E-state index contributed by atoms with van der Waals surface area (Å²) in [4.78, 5) is 11.6. The summed E-state index contributed by atoms with van der Waals surface area (Å²) in [5, 5.41) is 11.0.